The van der Waals surface area contributed by atoms with E-state index >= 15 is 0 Å². The minimum atomic E-state index is -4.51. The number of pyridine rings is 1. The van der Waals surface area contributed by atoms with E-state index in [4.69, 9.17) is 22.1 Å². The molecular weight excluding hydrogens is 370 g/mol. The summed E-state index contributed by atoms with van der Waals surface area (Å²) < 4.78 is 42.6. The van der Waals surface area contributed by atoms with Crippen LogP contribution >= 0.6 is 24.0 Å². The summed E-state index contributed by atoms with van der Waals surface area (Å²) in [6.07, 6.45) is -3.41. The maximum atomic E-state index is 12.5. The zero-order valence-electron chi connectivity index (χ0n) is 13.2. The van der Waals surface area contributed by atoms with Gasteiger partial charge in [-0.25, -0.2) is 4.98 Å². The van der Waals surface area contributed by atoms with Gasteiger partial charge in [0.2, 0.25) is 11.8 Å². The molecule has 0 radical (unpaired) electrons. The molecule has 1 atom stereocenters. The molecule has 1 rings (SSSR count). The van der Waals surface area contributed by atoms with Gasteiger partial charge >= 0.3 is 6.18 Å². The fourth-order valence-corrected chi connectivity index (χ4v) is 1.78. The van der Waals surface area contributed by atoms with Crippen LogP contribution in [0.2, 0.25) is 5.02 Å². The molecule has 1 amide bonds. The lowest BCUT2D eigenvalue weighted by Gasteiger charge is -2.15. The van der Waals surface area contributed by atoms with Gasteiger partial charge in [-0.05, 0) is 18.4 Å². The third kappa shape index (κ3) is 7.11. The Balaban J connectivity index is 0.00000529. The van der Waals surface area contributed by atoms with Crippen molar-refractivity contribution >= 4 is 29.9 Å². The highest BCUT2D eigenvalue weighted by atomic mass is 35.5. The SMILES string of the molecule is CC(C)[C@H](N)C(=O)NCCCOc1ncc(C(F)(F)F)cc1Cl.Cl. The number of aromatic nitrogens is 1. The number of amides is 1. The molecular formula is C14H20Cl2F3N3O2. The van der Waals surface area contributed by atoms with Gasteiger partial charge in [-0.2, -0.15) is 13.2 Å². The largest absolute Gasteiger partial charge is 0.477 e. The average Bonchev–Trinajstić information content (AvgIpc) is 2.46. The molecule has 1 aromatic heterocycles. The van der Waals surface area contributed by atoms with Crippen LogP contribution < -0.4 is 15.8 Å². The first kappa shape index (κ1) is 22.8. The van der Waals surface area contributed by atoms with Crippen LogP contribution in [0.3, 0.4) is 0 Å². The second-order valence-corrected chi connectivity index (χ2v) is 5.68. The van der Waals surface area contributed by atoms with Crippen molar-refractivity contribution in [3.8, 4) is 5.88 Å². The molecule has 10 heteroatoms. The summed E-state index contributed by atoms with van der Waals surface area (Å²) in [6, 6.07) is 0.176. The fourth-order valence-electron chi connectivity index (χ4n) is 1.56. The van der Waals surface area contributed by atoms with Crippen molar-refractivity contribution in [3.05, 3.63) is 22.8 Å². The van der Waals surface area contributed by atoms with E-state index in [1.807, 2.05) is 13.8 Å². The molecule has 0 unspecified atom stereocenters. The van der Waals surface area contributed by atoms with Gasteiger partial charge in [0.25, 0.3) is 0 Å². The van der Waals surface area contributed by atoms with Gasteiger partial charge in [0.1, 0.15) is 5.02 Å². The lowest BCUT2D eigenvalue weighted by Crippen LogP contribution is -2.44. The predicted molar refractivity (Wildman–Crippen MR) is 87.4 cm³/mol. The van der Waals surface area contributed by atoms with Gasteiger partial charge in [0.05, 0.1) is 18.2 Å². The summed E-state index contributed by atoms with van der Waals surface area (Å²) in [5.41, 5.74) is 4.73. The minimum absolute atomic E-state index is 0. The molecule has 1 aromatic rings. The van der Waals surface area contributed by atoms with Gasteiger partial charge < -0.3 is 15.8 Å². The topological polar surface area (TPSA) is 77.2 Å². The van der Waals surface area contributed by atoms with E-state index in [0.29, 0.717) is 19.2 Å². The van der Waals surface area contributed by atoms with Crippen molar-refractivity contribution in [2.24, 2.45) is 11.7 Å². The van der Waals surface area contributed by atoms with Gasteiger partial charge in [-0.1, -0.05) is 25.4 Å². The number of nitrogens with two attached hydrogens (primary N) is 1. The first-order valence-electron chi connectivity index (χ1n) is 7.01. The molecule has 3 N–H and O–H groups in total. The quantitative estimate of drug-likeness (QED) is 0.702. The van der Waals surface area contributed by atoms with Gasteiger partial charge in [-0.15, -0.1) is 12.4 Å². The van der Waals surface area contributed by atoms with Crippen molar-refractivity contribution < 1.29 is 22.7 Å². The van der Waals surface area contributed by atoms with Crippen molar-refractivity contribution in [1.82, 2.24) is 10.3 Å². The second-order valence-electron chi connectivity index (χ2n) is 5.27. The summed E-state index contributed by atoms with van der Waals surface area (Å²) in [5, 5.41) is 2.43. The molecule has 5 nitrogen and oxygen atoms in total. The number of nitrogens with one attached hydrogen (secondary N) is 1. The molecule has 0 aliphatic rings. The molecule has 0 aliphatic carbocycles. The predicted octanol–water partition coefficient (Wildman–Crippen LogP) is 3.04. The highest BCUT2D eigenvalue weighted by Gasteiger charge is 2.31. The first-order valence-corrected chi connectivity index (χ1v) is 7.39. The molecule has 0 spiro atoms. The van der Waals surface area contributed by atoms with Crippen LogP contribution in [-0.2, 0) is 11.0 Å². The second kappa shape index (κ2) is 9.90. The number of carbonyl (C=O) groups excluding carboxylic acids is 1. The summed E-state index contributed by atoms with van der Waals surface area (Å²) >= 11 is 5.70. The first-order chi connectivity index (χ1) is 10.6. The van der Waals surface area contributed by atoms with Crippen molar-refractivity contribution in [3.63, 3.8) is 0 Å². The van der Waals surface area contributed by atoms with Gasteiger partial charge in [-0.3, -0.25) is 4.79 Å². The summed E-state index contributed by atoms with van der Waals surface area (Å²) in [5.74, 6) is -0.308. The van der Waals surface area contributed by atoms with E-state index in [9.17, 15) is 18.0 Å². The summed E-state index contributed by atoms with van der Waals surface area (Å²) in [6.45, 7) is 4.16. The van der Waals surface area contributed by atoms with Crippen LogP contribution in [0.4, 0.5) is 13.2 Å². The zero-order valence-corrected chi connectivity index (χ0v) is 14.8. The molecule has 0 aliphatic heterocycles. The molecule has 138 valence electrons. The Morgan fingerprint density at radius 3 is 2.58 bits per heavy atom. The molecule has 0 fully saturated rings. The Kier molecular flexibility index (Phi) is 9.39. The standard InChI is InChI=1S/C14H19ClF3N3O2.ClH/c1-8(2)11(19)12(22)20-4-3-5-23-13-10(15)6-9(7-21-13)14(16,17)18;/h6-8,11H,3-5,19H2,1-2H3,(H,20,22);1H/t11-;/m0./s1. The van der Waals surface area contributed by atoms with E-state index in [2.05, 4.69) is 10.3 Å². The lowest BCUT2D eigenvalue weighted by molar-refractivity contribution is -0.137. The Morgan fingerprint density at radius 2 is 2.08 bits per heavy atom. The molecule has 0 saturated carbocycles. The number of carbonyl (C=O) groups is 1. The smallest absolute Gasteiger partial charge is 0.417 e. The normalized spacial score (nSPS) is 12.5. The van der Waals surface area contributed by atoms with E-state index in [0.717, 1.165) is 6.07 Å². The highest BCUT2D eigenvalue weighted by Crippen LogP contribution is 2.33. The number of rotatable bonds is 7. The fraction of sp³-hybridized carbons (Fsp3) is 0.571. The van der Waals surface area contributed by atoms with E-state index in [-0.39, 0.29) is 41.7 Å². The Labute approximate surface area is 149 Å². The molecule has 1 heterocycles. The van der Waals surface area contributed by atoms with E-state index in [1.165, 1.54) is 0 Å². The maximum absolute atomic E-state index is 12.5. The molecule has 0 bridgehead atoms. The number of halogens is 5. The third-order valence-corrected chi connectivity index (χ3v) is 3.29. The molecule has 0 saturated heterocycles. The summed E-state index contributed by atoms with van der Waals surface area (Å²) in [4.78, 5) is 15.1. The van der Waals surface area contributed by atoms with Crippen LogP contribution in [0.25, 0.3) is 0 Å². The van der Waals surface area contributed by atoms with Crippen LogP contribution in [0.5, 0.6) is 5.88 Å². The number of hydrogen-bond acceptors (Lipinski definition) is 4. The number of ether oxygens (including phenoxy) is 1. The summed E-state index contributed by atoms with van der Waals surface area (Å²) in [7, 11) is 0. The van der Waals surface area contributed by atoms with Crippen molar-refractivity contribution in [2.75, 3.05) is 13.2 Å². The Morgan fingerprint density at radius 1 is 1.46 bits per heavy atom. The lowest BCUT2D eigenvalue weighted by atomic mass is 10.1. The Hall–Kier alpha value is -1.25. The highest BCUT2D eigenvalue weighted by molar-refractivity contribution is 6.31. The van der Waals surface area contributed by atoms with Crippen LogP contribution in [0, 0.1) is 5.92 Å². The van der Waals surface area contributed by atoms with Gasteiger partial charge in [0, 0.05) is 12.7 Å². The number of nitrogens with zero attached hydrogens (tertiary/aromatic N) is 1. The van der Waals surface area contributed by atoms with Crippen molar-refractivity contribution in [2.45, 2.75) is 32.5 Å². The molecule has 0 aromatic carbocycles. The van der Waals surface area contributed by atoms with E-state index in [1.54, 1.807) is 0 Å². The third-order valence-electron chi connectivity index (χ3n) is 3.01. The average molecular weight is 390 g/mol. The number of hydrogen-bond donors (Lipinski definition) is 2. The van der Waals surface area contributed by atoms with Crippen LogP contribution in [0.1, 0.15) is 25.8 Å². The van der Waals surface area contributed by atoms with Crippen LogP contribution in [-0.4, -0.2) is 30.1 Å². The van der Waals surface area contributed by atoms with Gasteiger partial charge in [0.15, 0.2) is 0 Å². The molecule has 24 heavy (non-hydrogen) atoms. The number of alkyl halides is 3. The maximum Gasteiger partial charge on any atom is 0.417 e. The van der Waals surface area contributed by atoms with Crippen molar-refractivity contribution in [1.29, 1.82) is 0 Å². The zero-order chi connectivity index (χ0) is 17.6. The monoisotopic (exact) mass is 389 g/mol. The minimum Gasteiger partial charge on any atom is -0.477 e. The Bertz CT molecular complexity index is 542. The van der Waals surface area contributed by atoms with Crippen LogP contribution in [0.15, 0.2) is 12.3 Å². The van der Waals surface area contributed by atoms with E-state index < -0.39 is 17.8 Å².